The highest BCUT2D eigenvalue weighted by atomic mass is 35.5. The number of alkyl halides is 4. The van der Waals surface area contributed by atoms with Gasteiger partial charge in [-0.15, -0.1) is 12.4 Å². The number of hydrogen-bond acceptors (Lipinski definition) is 5. The van der Waals surface area contributed by atoms with E-state index in [9.17, 15) is 27.8 Å². The third-order valence-electron chi connectivity index (χ3n) is 6.23. The summed E-state index contributed by atoms with van der Waals surface area (Å²) >= 11 is 0. The van der Waals surface area contributed by atoms with Crippen molar-refractivity contribution in [2.45, 2.75) is 69.9 Å². The molecule has 2 N–H and O–H groups in total. The molecule has 1 aliphatic rings. The van der Waals surface area contributed by atoms with E-state index in [1.54, 1.807) is 24.3 Å². The maximum absolute atomic E-state index is 12.3. The highest BCUT2D eigenvalue weighted by Gasteiger charge is 2.33. The summed E-state index contributed by atoms with van der Waals surface area (Å²) in [5.74, 6) is 0.252. The summed E-state index contributed by atoms with van der Waals surface area (Å²) < 4.78 is 58.1. The van der Waals surface area contributed by atoms with E-state index in [1.165, 1.54) is 24.3 Å². The second-order valence-corrected chi connectivity index (χ2v) is 8.54. The molecular formula is C25H32ClF4NO4. The predicted molar refractivity (Wildman–Crippen MR) is 127 cm³/mol. The lowest BCUT2D eigenvalue weighted by atomic mass is 10.0. The first-order chi connectivity index (χ1) is 16.3. The zero-order valence-electron chi connectivity index (χ0n) is 19.2. The van der Waals surface area contributed by atoms with Crippen LogP contribution in [0.5, 0.6) is 11.5 Å². The Hall–Kier alpha value is -2.07. The second-order valence-electron chi connectivity index (χ2n) is 8.54. The van der Waals surface area contributed by atoms with E-state index < -0.39 is 19.3 Å². The molecule has 2 aromatic rings. The number of ether oxygens (including phenoxy) is 2. The van der Waals surface area contributed by atoms with E-state index >= 15 is 0 Å². The number of aliphatic hydroxyl groups excluding tert-OH is 2. The highest BCUT2D eigenvalue weighted by Crippen LogP contribution is 2.31. The molecule has 0 radical (unpaired) electrons. The zero-order valence-corrected chi connectivity index (χ0v) is 20.1. The molecule has 5 nitrogen and oxygen atoms in total. The molecule has 1 heterocycles. The van der Waals surface area contributed by atoms with Crippen molar-refractivity contribution in [1.29, 1.82) is 0 Å². The van der Waals surface area contributed by atoms with Gasteiger partial charge in [0, 0.05) is 18.6 Å². The van der Waals surface area contributed by atoms with Crippen molar-refractivity contribution < 1.29 is 37.2 Å². The highest BCUT2D eigenvalue weighted by molar-refractivity contribution is 5.85. The molecule has 1 fully saturated rings. The normalized spacial score (nSPS) is 19.1. The summed E-state index contributed by atoms with van der Waals surface area (Å²) in [6.07, 6.45) is 4.26. The first kappa shape index (κ1) is 29.2. The molecule has 0 bridgehead atoms. The largest absolute Gasteiger partial charge is 0.435 e. The van der Waals surface area contributed by atoms with Gasteiger partial charge in [0.2, 0.25) is 0 Å². The zero-order chi connectivity index (χ0) is 24.5. The molecule has 0 unspecified atom stereocenters. The van der Waals surface area contributed by atoms with Crippen molar-refractivity contribution in [2.75, 3.05) is 13.2 Å². The molecule has 0 saturated carbocycles. The van der Waals surface area contributed by atoms with Crippen molar-refractivity contribution >= 4 is 12.4 Å². The minimum Gasteiger partial charge on any atom is -0.435 e. The third kappa shape index (κ3) is 9.48. The molecule has 0 spiro atoms. The fourth-order valence-corrected chi connectivity index (χ4v) is 4.58. The van der Waals surface area contributed by atoms with Crippen molar-refractivity contribution in [2.24, 2.45) is 0 Å². The van der Waals surface area contributed by atoms with Crippen LogP contribution in [0.4, 0.5) is 17.6 Å². The Morgan fingerprint density at radius 1 is 0.771 bits per heavy atom. The van der Waals surface area contributed by atoms with Crippen LogP contribution < -0.4 is 9.47 Å². The molecule has 196 valence electrons. The number of aliphatic hydroxyl groups is 2. The molecule has 10 heteroatoms. The summed E-state index contributed by atoms with van der Waals surface area (Å²) in [5.41, 5.74) is 2.03. The van der Waals surface area contributed by atoms with Gasteiger partial charge in [-0.3, -0.25) is 4.90 Å². The van der Waals surface area contributed by atoms with Gasteiger partial charge in [-0.1, -0.05) is 24.3 Å². The van der Waals surface area contributed by atoms with E-state index in [2.05, 4.69) is 14.4 Å². The Kier molecular flexibility index (Phi) is 12.1. The van der Waals surface area contributed by atoms with Crippen LogP contribution in [0.2, 0.25) is 0 Å². The fourth-order valence-electron chi connectivity index (χ4n) is 4.58. The average molecular weight is 522 g/mol. The van der Waals surface area contributed by atoms with Gasteiger partial charge in [0.05, 0.1) is 12.7 Å². The van der Waals surface area contributed by atoms with Gasteiger partial charge in [-0.25, -0.2) is 0 Å². The Balaban J connectivity index is 0.00000432. The monoisotopic (exact) mass is 521 g/mol. The smallest absolute Gasteiger partial charge is 0.387 e. The number of likely N-dealkylation sites (tertiary alicyclic amines) is 1. The second kappa shape index (κ2) is 14.5. The molecule has 3 atom stereocenters. The summed E-state index contributed by atoms with van der Waals surface area (Å²) in [6, 6.07) is 13.7. The molecule has 0 aliphatic carbocycles. The third-order valence-corrected chi connectivity index (χ3v) is 6.23. The maximum Gasteiger partial charge on any atom is 0.387 e. The van der Waals surface area contributed by atoms with Gasteiger partial charge in [0.1, 0.15) is 11.5 Å². The summed E-state index contributed by atoms with van der Waals surface area (Å²) in [4.78, 5) is 2.25. The van der Waals surface area contributed by atoms with Crippen LogP contribution in [0.3, 0.4) is 0 Å². The van der Waals surface area contributed by atoms with E-state index in [4.69, 9.17) is 0 Å². The van der Waals surface area contributed by atoms with E-state index in [0.717, 1.165) is 49.7 Å². The summed E-state index contributed by atoms with van der Waals surface area (Å²) in [6.45, 7) is -5.64. The van der Waals surface area contributed by atoms with Crippen molar-refractivity contribution in [1.82, 2.24) is 4.90 Å². The molecule has 0 amide bonds. The van der Waals surface area contributed by atoms with Crippen LogP contribution >= 0.6 is 12.4 Å². The van der Waals surface area contributed by atoms with Crippen LogP contribution in [0.15, 0.2) is 48.5 Å². The molecule has 1 saturated heterocycles. The number of aryl methyl sites for hydroxylation is 2. The summed E-state index contributed by atoms with van der Waals surface area (Å²) in [5, 5.41) is 19.4. The first-order valence-electron chi connectivity index (χ1n) is 11.5. The van der Waals surface area contributed by atoms with Gasteiger partial charge < -0.3 is 19.7 Å². The molecular weight excluding hydrogens is 490 g/mol. The lowest BCUT2D eigenvalue weighted by molar-refractivity contribution is -0.0505. The van der Waals surface area contributed by atoms with Crippen LogP contribution in [0.25, 0.3) is 0 Å². The number of nitrogens with zero attached hydrogens (tertiary/aromatic N) is 1. The number of benzene rings is 2. The Morgan fingerprint density at radius 2 is 1.17 bits per heavy atom. The summed E-state index contributed by atoms with van der Waals surface area (Å²) in [7, 11) is 0. The van der Waals surface area contributed by atoms with Crippen molar-refractivity contribution in [3.63, 3.8) is 0 Å². The Bertz CT molecular complexity index is 792. The van der Waals surface area contributed by atoms with Crippen LogP contribution in [0.1, 0.15) is 36.8 Å². The van der Waals surface area contributed by atoms with Gasteiger partial charge in [-0.2, -0.15) is 17.6 Å². The van der Waals surface area contributed by atoms with Crippen molar-refractivity contribution in [3.8, 4) is 11.5 Å². The van der Waals surface area contributed by atoms with E-state index in [1.807, 2.05) is 0 Å². The fraction of sp³-hybridized carbons (Fsp3) is 0.520. The molecule has 1 aliphatic heterocycles. The van der Waals surface area contributed by atoms with Crippen LogP contribution in [0, 0.1) is 0 Å². The molecule has 35 heavy (non-hydrogen) atoms. The number of hydrogen-bond donors (Lipinski definition) is 2. The van der Waals surface area contributed by atoms with Crippen molar-refractivity contribution in [3.05, 3.63) is 59.7 Å². The minimum atomic E-state index is -2.85. The van der Waals surface area contributed by atoms with Gasteiger partial charge in [0.15, 0.2) is 0 Å². The van der Waals surface area contributed by atoms with E-state index in [0.29, 0.717) is 6.54 Å². The van der Waals surface area contributed by atoms with Crippen LogP contribution in [-0.4, -0.2) is 59.7 Å². The topological polar surface area (TPSA) is 62.2 Å². The van der Waals surface area contributed by atoms with Gasteiger partial charge in [-0.05, 0) is 73.9 Å². The van der Waals surface area contributed by atoms with Gasteiger partial charge >= 0.3 is 13.2 Å². The number of rotatable bonds is 13. The van der Waals surface area contributed by atoms with Gasteiger partial charge in [0.25, 0.3) is 0 Å². The lowest BCUT2D eigenvalue weighted by Gasteiger charge is -2.32. The quantitative estimate of drug-likeness (QED) is 0.361. The molecule has 0 aromatic heterocycles. The number of halogens is 5. The predicted octanol–water partition coefficient (Wildman–Crippen LogP) is 5.06. The Labute approximate surface area is 209 Å². The molecule has 3 rings (SSSR count). The number of β-amino-alcohol motifs (C(OH)–C–C–N with tert-alkyl or cyclic N) is 1. The maximum atomic E-state index is 12.3. The minimum absolute atomic E-state index is 0. The first-order valence-corrected chi connectivity index (χ1v) is 11.5. The van der Waals surface area contributed by atoms with E-state index in [-0.39, 0.29) is 42.6 Å². The SMILES string of the molecule is Cl.OC[C@H](O)CN1[C@H](CCc2ccc(OC(F)F)cc2)CC[C@@H]1CCc1ccc(OC(F)F)cc1. The standard InChI is InChI=1S/C25H31F4NO4.ClH/c26-24(27)33-22-11-3-17(4-12-22)1-7-19-9-10-20(30(19)15-21(32)16-31)8-2-18-5-13-23(14-6-18)34-25(28)29;/h3-6,11-14,19-21,24-25,31-32H,1-2,7-10,15-16H2;1H/t19-,20+,21-;/m1./s1. The Morgan fingerprint density at radius 3 is 1.51 bits per heavy atom. The lowest BCUT2D eigenvalue weighted by Crippen LogP contribution is -2.42. The van der Waals surface area contributed by atoms with Crippen LogP contribution in [-0.2, 0) is 12.8 Å². The average Bonchev–Trinajstić information content (AvgIpc) is 3.18. The molecule has 2 aromatic carbocycles.